The first-order chi connectivity index (χ1) is 7.59. The lowest BCUT2D eigenvalue weighted by Gasteiger charge is -2.16. The van der Waals surface area contributed by atoms with E-state index in [1.807, 2.05) is 0 Å². The minimum Gasteiger partial charge on any atom is -0.507 e. The predicted molar refractivity (Wildman–Crippen MR) is 54.6 cm³/mol. The van der Waals surface area contributed by atoms with Crippen LogP contribution in [0, 0.1) is 5.82 Å². The summed E-state index contributed by atoms with van der Waals surface area (Å²) < 4.78 is 13.4. The van der Waals surface area contributed by atoms with E-state index in [0.717, 1.165) is 6.07 Å². The Morgan fingerprint density at radius 3 is 2.81 bits per heavy atom. The second-order valence-corrected chi connectivity index (χ2v) is 3.83. The number of halogens is 1. The molecule has 86 valence electrons. The molecule has 16 heavy (non-hydrogen) atoms. The van der Waals surface area contributed by atoms with Gasteiger partial charge in [-0.3, -0.25) is 4.79 Å². The number of β-amino-alcohol motifs (C(OH)–C–C–N with tert-alkyl or cyclic N) is 1. The molecule has 0 saturated carbocycles. The number of nitrogens with zero attached hydrogens (tertiary/aromatic N) is 1. The van der Waals surface area contributed by atoms with Crippen LogP contribution in [0.2, 0.25) is 0 Å². The molecule has 5 heteroatoms. The van der Waals surface area contributed by atoms with E-state index >= 15 is 0 Å². The summed E-state index contributed by atoms with van der Waals surface area (Å²) in [5.74, 6) is -1.69. The van der Waals surface area contributed by atoms with Gasteiger partial charge in [0.15, 0.2) is 0 Å². The molecule has 1 saturated heterocycles. The van der Waals surface area contributed by atoms with Crippen LogP contribution in [0.15, 0.2) is 18.2 Å². The maximum absolute atomic E-state index is 13.4. The van der Waals surface area contributed by atoms with Crippen LogP contribution in [-0.2, 0) is 0 Å². The zero-order valence-electron chi connectivity index (χ0n) is 8.56. The first kappa shape index (κ1) is 10.9. The molecule has 0 unspecified atom stereocenters. The van der Waals surface area contributed by atoms with Gasteiger partial charge in [-0.15, -0.1) is 0 Å². The minimum atomic E-state index is -0.744. The zero-order valence-corrected chi connectivity index (χ0v) is 8.56. The van der Waals surface area contributed by atoms with Crippen molar-refractivity contribution in [2.75, 3.05) is 13.1 Å². The fraction of sp³-hybridized carbons (Fsp3) is 0.364. The summed E-state index contributed by atoms with van der Waals surface area (Å²) in [7, 11) is 0. The van der Waals surface area contributed by atoms with E-state index in [2.05, 4.69) is 0 Å². The summed E-state index contributed by atoms with van der Waals surface area (Å²) in [6, 6.07) is 3.72. The number of carbonyl (C=O) groups excluding carboxylic acids is 1. The molecule has 2 N–H and O–H groups in total. The molecule has 0 aromatic heterocycles. The van der Waals surface area contributed by atoms with Gasteiger partial charge in [0, 0.05) is 13.1 Å². The Labute approximate surface area is 91.9 Å². The molecule has 0 bridgehead atoms. The molecule has 0 spiro atoms. The van der Waals surface area contributed by atoms with E-state index in [-0.39, 0.29) is 17.9 Å². The highest BCUT2D eigenvalue weighted by atomic mass is 19.1. The lowest BCUT2D eigenvalue weighted by Crippen LogP contribution is -2.30. The van der Waals surface area contributed by atoms with Crippen molar-refractivity contribution in [2.24, 2.45) is 0 Å². The van der Waals surface area contributed by atoms with Crippen molar-refractivity contribution in [1.29, 1.82) is 0 Å². The summed E-state index contributed by atoms with van der Waals surface area (Å²) in [5, 5.41) is 18.7. The lowest BCUT2D eigenvalue weighted by molar-refractivity contribution is 0.0757. The number of hydrogen-bond acceptors (Lipinski definition) is 3. The van der Waals surface area contributed by atoms with Gasteiger partial charge in [-0.25, -0.2) is 4.39 Å². The quantitative estimate of drug-likeness (QED) is 0.741. The number of aliphatic hydroxyl groups excluding tert-OH is 1. The first-order valence-corrected chi connectivity index (χ1v) is 5.04. The monoisotopic (exact) mass is 225 g/mol. The predicted octanol–water partition coefficient (Wildman–Crippen LogP) is 0.738. The number of hydrogen-bond donors (Lipinski definition) is 2. The van der Waals surface area contributed by atoms with Crippen LogP contribution in [0.4, 0.5) is 4.39 Å². The van der Waals surface area contributed by atoms with Gasteiger partial charge in [0.1, 0.15) is 17.1 Å². The maximum atomic E-state index is 13.4. The molecular weight excluding hydrogens is 213 g/mol. The number of carbonyl (C=O) groups is 1. The largest absolute Gasteiger partial charge is 0.507 e. The Kier molecular flexibility index (Phi) is 2.78. The molecule has 1 heterocycles. The molecule has 4 nitrogen and oxygen atoms in total. The molecule has 1 amide bonds. The van der Waals surface area contributed by atoms with Crippen molar-refractivity contribution in [2.45, 2.75) is 12.5 Å². The van der Waals surface area contributed by atoms with Gasteiger partial charge in [0.2, 0.25) is 0 Å². The maximum Gasteiger partial charge on any atom is 0.260 e. The number of aromatic hydroxyl groups is 1. The Hall–Kier alpha value is -1.62. The molecule has 1 aliphatic heterocycles. The summed E-state index contributed by atoms with van der Waals surface area (Å²) in [6.45, 7) is 0.570. The highest BCUT2D eigenvalue weighted by Gasteiger charge is 2.28. The van der Waals surface area contributed by atoms with Crippen LogP contribution in [0.3, 0.4) is 0 Å². The van der Waals surface area contributed by atoms with E-state index in [4.69, 9.17) is 0 Å². The first-order valence-electron chi connectivity index (χ1n) is 5.04. The van der Waals surface area contributed by atoms with Crippen molar-refractivity contribution < 1.29 is 19.4 Å². The molecule has 1 aromatic rings. The van der Waals surface area contributed by atoms with Crippen LogP contribution in [0.25, 0.3) is 0 Å². The van der Waals surface area contributed by atoms with Gasteiger partial charge in [0.25, 0.3) is 5.91 Å². The van der Waals surface area contributed by atoms with Gasteiger partial charge in [-0.2, -0.15) is 0 Å². The van der Waals surface area contributed by atoms with Crippen LogP contribution in [0.5, 0.6) is 5.75 Å². The number of likely N-dealkylation sites (tertiary alicyclic amines) is 1. The number of amides is 1. The third-order valence-electron chi connectivity index (χ3n) is 2.66. The van der Waals surface area contributed by atoms with E-state index in [0.29, 0.717) is 13.0 Å². The summed E-state index contributed by atoms with van der Waals surface area (Å²) in [6.07, 6.45) is -0.0705. The van der Waals surface area contributed by atoms with Crippen molar-refractivity contribution in [1.82, 2.24) is 4.90 Å². The number of rotatable bonds is 1. The third kappa shape index (κ3) is 1.86. The average Bonchev–Trinajstić information content (AvgIpc) is 2.64. The summed E-state index contributed by atoms with van der Waals surface area (Å²) in [4.78, 5) is 13.2. The van der Waals surface area contributed by atoms with Gasteiger partial charge >= 0.3 is 0 Å². The fourth-order valence-corrected chi connectivity index (χ4v) is 1.81. The van der Waals surface area contributed by atoms with Crippen molar-refractivity contribution >= 4 is 5.91 Å². The smallest absolute Gasteiger partial charge is 0.260 e. The van der Waals surface area contributed by atoms with Gasteiger partial charge < -0.3 is 15.1 Å². The lowest BCUT2D eigenvalue weighted by atomic mass is 10.1. The molecule has 1 atom stereocenters. The normalized spacial score (nSPS) is 20.1. The Morgan fingerprint density at radius 1 is 1.50 bits per heavy atom. The van der Waals surface area contributed by atoms with Gasteiger partial charge in [-0.05, 0) is 18.6 Å². The Bertz CT molecular complexity index is 401. The molecule has 1 aliphatic rings. The highest BCUT2D eigenvalue weighted by Crippen LogP contribution is 2.23. The van der Waals surface area contributed by atoms with Gasteiger partial charge in [-0.1, -0.05) is 6.07 Å². The SMILES string of the molecule is O=C(c1c(O)cccc1F)N1CC[C@H](O)C1. The number of benzene rings is 1. The Balaban J connectivity index is 2.27. The summed E-state index contributed by atoms with van der Waals surface area (Å²) >= 11 is 0. The number of aliphatic hydroxyl groups is 1. The summed E-state index contributed by atoms with van der Waals surface area (Å²) in [5.41, 5.74) is -0.323. The molecule has 0 aliphatic carbocycles. The second-order valence-electron chi connectivity index (χ2n) is 3.83. The van der Waals surface area contributed by atoms with Crippen molar-refractivity contribution in [3.05, 3.63) is 29.6 Å². The van der Waals surface area contributed by atoms with E-state index in [9.17, 15) is 19.4 Å². The van der Waals surface area contributed by atoms with Crippen molar-refractivity contribution in [3.8, 4) is 5.75 Å². The van der Waals surface area contributed by atoms with Crippen LogP contribution in [0.1, 0.15) is 16.8 Å². The fourth-order valence-electron chi connectivity index (χ4n) is 1.81. The molecule has 2 rings (SSSR count). The van der Waals surface area contributed by atoms with Crippen LogP contribution < -0.4 is 0 Å². The second kappa shape index (κ2) is 4.09. The van der Waals surface area contributed by atoms with Crippen LogP contribution >= 0.6 is 0 Å². The molecule has 1 fully saturated rings. The van der Waals surface area contributed by atoms with Crippen LogP contribution in [-0.4, -0.2) is 40.2 Å². The standard InChI is InChI=1S/C11H12FNO3/c12-8-2-1-3-9(15)10(8)11(16)13-5-4-7(14)6-13/h1-3,7,14-15H,4-6H2/t7-/m0/s1. The van der Waals surface area contributed by atoms with E-state index in [1.165, 1.54) is 17.0 Å². The molecular formula is C11H12FNO3. The Morgan fingerprint density at radius 2 is 2.25 bits per heavy atom. The topological polar surface area (TPSA) is 60.8 Å². The van der Waals surface area contributed by atoms with Gasteiger partial charge in [0.05, 0.1) is 6.10 Å². The number of phenolic OH excluding ortho intramolecular Hbond substituents is 1. The van der Waals surface area contributed by atoms with E-state index < -0.39 is 17.8 Å². The zero-order chi connectivity index (χ0) is 11.7. The average molecular weight is 225 g/mol. The minimum absolute atomic E-state index is 0.187. The molecule has 0 radical (unpaired) electrons. The highest BCUT2D eigenvalue weighted by molar-refractivity contribution is 5.97. The third-order valence-corrected chi connectivity index (χ3v) is 2.66. The number of phenols is 1. The van der Waals surface area contributed by atoms with E-state index in [1.54, 1.807) is 0 Å². The molecule has 1 aromatic carbocycles. The van der Waals surface area contributed by atoms with Crippen molar-refractivity contribution in [3.63, 3.8) is 0 Å².